The Bertz CT molecular complexity index is 692. The molecular formula is C12H7Cl3N2O3. The first-order chi connectivity index (χ1) is 9.45. The van der Waals surface area contributed by atoms with Gasteiger partial charge in [-0.3, -0.25) is 10.1 Å². The number of nitro groups is 1. The number of benzene rings is 1. The molecule has 0 atom stereocenters. The highest BCUT2D eigenvalue weighted by atomic mass is 35.5. The molecule has 0 saturated heterocycles. The summed E-state index contributed by atoms with van der Waals surface area (Å²) in [6.45, 7) is 0. The van der Waals surface area contributed by atoms with Crippen molar-refractivity contribution in [3.05, 3.63) is 49.4 Å². The standard InChI is InChI=1S/C12H7Cl3N2O3/c1-20-12-9(17(18)19)5-4-8(16-12)10-6(13)2-3-7(14)11(10)15/h2-5H,1H3. The van der Waals surface area contributed by atoms with Crippen LogP contribution in [-0.4, -0.2) is 17.0 Å². The minimum absolute atomic E-state index is 0.125. The zero-order valence-corrected chi connectivity index (χ0v) is 12.3. The number of hydrogen-bond donors (Lipinski definition) is 0. The third-order valence-electron chi connectivity index (χ3n) is 2.53. The van der Waals surface area contributed by atoms with E-state index in [9.17, 15) is 10.1 Å². The maximum absolute atomic E-state index is 10.8. The monoisotopic (exact) mass is 332 g/mol. The average molecular weight is 334 g/mol. The first-order valence-corrected chi connectivity index (χ1v) is 6.42. The number of ether oxygens (including phenoxy) is 1. The molecule has 0 bridgehead atoms. The Morgan fingerprint density at radius 2 is 1.80 bits per heavy atom. The van der Waals surface area contributed by atoms with E-state index in [1.807, 2.05) is 0 Å². The fourth-order valence-corrected chi connectivity index (χ4v) is 2.35. The number of aromatic nitrogens is 1. The lowest BCUT2D eigenvalue weighted by Gasteiger charge is -2.09. The summed E-state index contributed by atoms with van der Waals surface area (Å²) in [7, 11) is 1.29. The summed E-state index contributed by atoms with van der Waals surface area (Å²) >= 11 is 18.1. The van der Waals surface area contributed by atoms with Gasteiger partial charge in [-0.25, -0.2) is 4.98 Å². The van der Waals surface area contributed by atoms with Gasteiger partial charge >= 0.3 is 5.69 Å². The van der Waals surface area contributed by atoms with Gasteiger partial charge in [0.2, 0.25) is 0 Å². The lowest BCUT2D eigenvalue weighted by atomic mass is 10.1. The SMILES string of the molecule is COc1nc(-c2c(Cl)ccc(Cl)c2Cl)ccc1[N+](=O)[O-]. The Kier molecular flexibility index (Phi) is 4.32. The van der Waals surface area contributed by atoms with Crippen LogP contribution in [-0.2, 0) is 0 Å². The topological polar surface area (TPSA) is 65.3 Å². The van der Waals surface area contributed by atoms with Gasteiger partial charge in [-0.15, -0.1) is 0 Å². The van der Waals surface area contributed by atoms with Crippen molar-refractivity contribution in [2.45, 2.75) is 0 Å². The van der Waals surface area contributed by atoms with Gasteiger partial charge in [0.15, 0.2) is 0 Å². The second-order valence-electron chi connectivity index (χ2n) is 3.70. The van der Waals surface area contributed by atoms with Crippen LogP contribution in [0.2, 0.25) is 15.1 Å². The van der Waals surface area contributed by atoms with Crippen molar-refractivity contribution in [1.82, 2.24) is 4.98 Å². The van der Waals surface area contributed by atoms with Gasteiger partial charge in [-0.2, -0.15) is 0 Å². The smallest absolute Gasteiger partial charge is 0.330 e. The highest BCUT2D eigenvalue weighted by Crippen LogP contribution is 2.39. The van der Waals surface area contributed by atoms with E-state index in [1.165, 1.54) is 19.2 Å². The van der Waals surface area contributed by atoms with Crippen molar-refractivity contribution in [3.8, 4) is 17.1 Å². The van der Waals surface area contributed by atoms with Gasteiger partial charge in [0, 0.05) is 11.6 Å². The Hall–Kier alpha value is -1.56. The van der Waals surface area contributed by atoms with Crippen LogP contribution < -0.4 is 4.74 Å². The van der Waals surface area contributed by atoms with Gasteiger partial charge in [-0.05, 0) is 18.2 Å². The number of hydrogen-bond acceptors (Lipinski definition) is 4. The minimum atomic E-state index is -0.587. The molecule has 0 aliphatic heterocycles. The fraction of sp³-hybridized carbons (Fsp3) is 0.0833. The van der Waals surface area contributed by atoms with Gasteiger partial charge in [0.05, 0.1) is 32.8 Å². The molecular weight excluding hydrogens is 327 g/mol. The number of halogens is 3. The maximum Gasteiger partial charge on any atom is 0.330 e. The van der Waals surface area contributed by atoms with Crippen molar-refractivity contribution in [2.75, 3.05) is 7.11 Å². The summed E-state index contributed by atoms with van der Waals surface area (Å²) in [5.41, 5.74) is 0.490. The van der Waals surface area contributed by atoms with Crippen molar-refractivity contribution >= 4 is 40.5 Å². The Morgan fingerprint density at radius 3 is 2.40 bits per heavy atom. The summed E-state index contributed by atoms with van der Waals surface area (Å²) in [6.07, 6.45) is 0. The molecule has 20 heavy (non-hydrogen) atoms. The van der Waals surface area contributed by atoms with E-state index in [1.54, 1.807) is 12.1 Å². The van der Waals surface area contributed by atoms with Crippen LogP contribution in [0.4, 0.5) is 5.69 Å². The fourth-order valence-electron chi connectivity index (χ4n) is 1.62. The second-order valence-corrected chi connectivity index (χ2v) is 4.89. The van der Waals surface area contributed by atoms with Crippen molar-refractivity contribution in [3.63, 3.8) is 0 Å². The van der Waals surface area contributed by atoms with Crippen LogP contribution in [0.5, 0.6) is 5.88 Å². The van der Waals surface area contributed by atoms with Crippen LogP contribution in [0.15, 0.2) is 24.3 Å². The van der Waals surface area contributed by atoms with E-state index >= 15 is 0 Å². The van der Waals surface area contributed by atoms with Crippen LogP contribution in [0.25, 0.3) is 11.3 Å². The Balaban J connectivity index is 2.66. The predicted molar refractivity (Wildman–Crippen MR) is 77.9 cm³/mol. The second kappa shape index (κ2) is 5.83. The minimum Gasteiger partial charge on any atom is -0.476 e. The highest BCUT2D eigenvalue weighted by Gasteiger charge is 2.20. The summed E-state index contributed by atoms with van der Waals surface area (Å²) in [5, 5.41) is 11.7. The van der Waals surface area contributed by atoms with Gasteiger partial charge < -0.3 is 4.74 Å². The molecule has 0 aliphatic rings. The molecule has 1 aromatic carbocycles. The number of pyridine rings is 1. The molecule has 2 rings (SSSR count). The van der Waals surface area contributed by atoms with E-state index in [0.29, 0.717) is 21.3 Å². The number of nitrogens with zero attached hydrogens (tertiary/aromatic N) is 2. The van der Waals surface area contributed by atoms with Gasteiger partial charge in [0.1, 0.15) is 0 Å². The summed E-state index contributed by atoms with van der Waals surface area (Å²) in [4.78, 5) is 14.3. The summed E-state index contributed by atoms with van der Waals surface area (Å²) < 4.78 is 4.91. The number of rotatable bonds is 3. The largest absolute Gasteiger partial charge is 0.476 e. The first-order valence-electron chi connectivity index (χ1n) is 5.29. The third-order valence-corrected chi connectivity index (χ3v) is 3.65. The molecule has 8 heteroatoms. The molecule has 5 nitrogen and oxygen atoms in total. The molecule has 1 aromatic heterocycles. The lowest BCUT2D eigenvalue weighted by Crippen LogP contribution is -1.98. The Morgan fingerprint density at radius 1 is 1.15 bits per heavy atom. The molecule has 2 aromatic rings. The molecule has 0 spiro atoms. The van der Waals surface area contributed by atoms with Crippen molar-refractivity contribution in [2.24, 2.45) is 0 Å². The molecule has 0 amide bonds. The third kappa shape index (κ3) is 2.65. The Labute approximate surface area is 129 Å². The van der Waals surface area contributed by atoms with Gasteiger partial charge in [0.25, 0.3) is 5.88 Å². The molecule has 0 N–H and O–H groups in total. The van der Waals surface area contributed by atoms with Crippen molar-refractivity contribution < 1.29 is 9.66 Å². The van der Waals surface area contributed by atoms with E-state index in [-0.39, 0.29) is 16.6 Å². The zero-order valence-electron chi connectivity index (χ0n) is 10.1. The molecule has 0 aliphatic carbocycles. The molecule has 104 valence electrons. The van der Waals surface area contributed by atoms with Crippen LogP contribution in [0.3, 0.4) is 0 Å². The molecule has 0 unspecified atom stereocenters. The molecule has 0 fully saturated rings. The number of methoxy groups -OCH3 is 1. The van der Waals surface area contributed by atoms with Gasteiger partial charge in [-0.1, -0.05) is 34.8 Å². The van der Waals surface area contributed by atoms with E-state index in [0.717, 1.165) is 0 Å². The first kappa shape index (κ1) is 14.8. The molecule has 0 radical (unpaired) electrons. The summed E-state index contributed by atoms with van der Waals surface area (Å²) in [5.74, 6) is -0.125. The van der Waals surface area contributed by atoms with E-state index < -0.39 is 4.92 Å². The van der Waals surface area contributed by atoms with Crippen molar-refractivity contribution in [1.29, 1.82) is 0 Å². The molecule has 1 heterocycles. The molecule has 0 saturated carbocycles. The lowest BCUT2D eigenvalue weighted by molar-refractivity contribution is -0.386. The van der Waals surface area contributed by atoms with Crippen LogP contribution >= 0.6 is 34.8 Å². The van der Waals surface area contributed by atoms with E-state index in [4.69, 9.17) is 39.5 Å². The highest BCUT2D eigenvalue weighted by molar-refractivity contribution is 6.46. The quantitative estimate of drug-likeness (QED) is 0.467. The normalized spacial score (nSPS) is 10.4. The van der Waals surface area contributed by atoms with Crippen LogP contribution in [0.1, 0.15) is 0 Å². The zero-order chi connectivity index (χ0) is 14.9. The predicted octanol–water partition coefficient (Wildman–Crippen LogP) is 4.63. The van der Waals surface area contributed by atoms with E-state index in [2.05, 4.69) is 4.98 Å². The average Bonchev–Trinajstić information content (AvgIpc) is 2.43. The van der Waals surface area contributed by atoms with Crippen LogP contribution in [0, 0.1) is 10.1 Å². The maximum atomic E-state index is 10.8. The summed E-state index contributed by atoms with van der Waals surface area (Å²) in [6, 6.07) is 5.83.